The van der Waals surface area contributed by atoms with Gasteiger partial charge in [0.15, 0.2) is 6.61 Å². The standard InChI is InChI=1S/C13H17N3O4S/c1-9-10(2)12(21(15,18)19)5-4-11(9)20-8-13(17)16-7-3-6-14/h4-5H,3,7-8H2,1-2H3,(H,16,17)(H2,15,18,19). The van der Waals surface area contributed by atoms with E-state index in [0.717, 1.165) is 0 Å². The van der Waals surface area contributed by atoms with E-state index in [1.54, 1.807) is 13.8 Å². The molecule has 0 bridgehead atoms. The first kappa shape index (κ1) is 16.9. The number of nitrogens with zero attached hydrogens (tertiary/aromatic N) is 1. The number of ether oxygens (including phenoxy) is 1. The number of nitriles is 1. The molecule has 0 heterocycles. The molecule has 0 saturated carbocycles. The molecule has 8 heteroatoms. The van der Waals surface area contributed by atoms with Crippen LogP contribution in [-0.2, 0) is 14.8 Å². The lowest BCUT2D eigenvalue weighted by Gasteiger charge is -2.13. The summed E-state index contributed by atoms with van der Waals surface area (Å²) in [5.41, 5.74) is 1.09. The minimum absolute atomic E-state index is 0.0332. The van der Waals surface area contributed by atoms with Crippen LogP contribution >= 0.6 is 0 Å². The lowest BCUT2D eigenvalue weighted by Crippen LogP contribution is -2.29. The summed E-state index contributed by atoms with van der Waals surface area (Å²) < 4.78 is 28.1. The van der Waals surface area contributed by atoms with E-state index >= 15 is 0 Å². The van der Waals surface area contributed by atoms with Crippen molar-refractivity contribution in [1.29, 1.82) is 5.26 Å². The van der Waals surface area contributed by atoms with E-state index in [0.29, 0.717) is 16.9 Å². The average molecular weight is 311 g/mol. The maximum Gasteiger partial charge on any atom is 0.257 e. The summed E-state index contributed by atoms with van der Waals surface area (Å²) in [5.74, 6) is 0.0631. The predicted octanol–water partition coefficient (Wildman–Crippen LogP) is 0.360. The lowest BCUT2D eigenvalue weighted by molar-refractivity contribution is -0.123. The normalized spacial score (nSPS) is 10.8. The van der Waals surface area contributed by atoms with Gasteiger partial charge in [-0.3, -0.25) is 4.79 Å². The van der Waals surface area contributed by atoms with Crippen LogP contribution in [-0.4, -0.2) is 27.5 Å². The number of primary sulfonamides is 1. The van der Waals surface area contributed by atoms with Crippen molar-refractivity contribution in [3.63, 3.8) is 0 Å². The Kier molecular flexibility index (Phi) is 5.69. The third kappa shape index (κ3) is 4.73. The minimum Gasteiger partial charge on any atom is -0.483 e. The van der Waals surface area contributed by atoms with E-state index in [4.69, 9.17) is 15.1 Å². The van der Waals surface area contributed by atoms with Crippen LogP contribution in [0.25, 0.3) is 0 Å². The Morgan fingerprint density at radius 1 is 1.38 bits per heavy atom. The van der Waals surface area contributed by atoms with Crippen LogP contribution in [0.4, 0.5) is 0 Å². The smallest absolute Gasteiger partial charge is 0.257 e. The highest BCUT2D eigenvalue weighted by Crippen LogP contribution is 2.26. The number of amides is 1. The number of benzene rings is 1. The van der Waals surface area contributed by atoms with Gasteiger partial charge in [0.25, 0.3) is 5.91 Å². The number of nitrogens with two attached hydrogens (primary N) is 1. The zero-order valence-electron chi connectivity index (χ0n) is 11.8. The van der Waals surface area contributed by atoms with Crippen LogP contribution in [0.1, 0.15) is 17.5 Å². The Hall–Kier alpha value is -2.11. The Balaban J connectivity index is 2.76. The van der Waals surface area contributed by atoms with Crippen LogP contribution in [0.15, 0.2) is 17.0 Å². The highest BCUT2D eigenvalue weighted by molar-refractivity contribution is 7.89. The van der Waals surface area contributed by atoms with Crippen LogP contribution < -0.4 is 15.2 Å². The molecule has 0 fully saturated rings. The summed E-state index contributed by atoms with van der Waals surface area (Å²) >= 11 is 0. The van der Waals surface area contributed by atoms with Gasteiger partial charge in [-0.05, 0) is 37.1 Å². The van der Waals surface area contributed by atoms with E-state index in [9.17, 15) is 13.2 Å². The largest absolute Gasteiger partial charge is 0.483 e. The van der Waals surface area contributed by atoms with Crippen LogP contribution in [0.2, 0.25) is 0 Å². The Morgan fingerprint density at radius 3 is 2.62 bits per heavy atom. The number of carbonyl (C=O) groups is 1. The fourth-order valence-electron chi connectivity index (χ4n) is 1.69. The van der Waals surface area contributed by atoms with Gasteiger partial charge in [0.2, 0.25) is 10.0 Å². The van der Waals surface area contributed by atoms with Crippen molar-refractivity contribution in [3.05, 3.63) is 23.3 Å². The molecule has 1 aromatic rings. The van der Waals surface area contributed by atoms with Crippen LogP contribution in [0, 0.1) is 25.2 Å². The Bertz CT molecular complexity index is 677. The Morgan fingerprint density at radius 2 is 2.05 bits per heavy atom. The summed E-state index contributed by atoms with van der Waals surface area (Å²) in [4.78, 5) is 11.5. The molecule has 0 atom stereocenters. The van der Waals surface area contributed by atoms with Gasteiger partial charge in [-0.1, -0.05) is 0 Å². The van der Waals surface area contributed by atoms with Crippen molar-refractivity contribution in [2.24, 2.45) is 5.14 Å². The monoisotopic (exact) mass is 311 g/mol. The number of nitrogens with one attached hydrogen (secondary N) is 1. The fraction of sp³-hybridized carbons (Fsp3) is 0.385. The quantitative estimate of drug-likeness (QED) is 0.734. The zero-order valence-corrected chi connectivity index (χ0v) is 12.7. The molecule has 0 saturated heterocycles. The van der Waals surface area contributed by atoms with Gasteiger partial charge in [-0.2, -0.15) is 5.26 Å². The molecular weight excluding hydrogens is 294 g/mol. The molecule has 0 aliphatic heterocycles. The van der Waals surface area contributed by atoms with E-state index in [1.807, 2.05) is 6.07 Å². The third-order valence-corrected chi connectivity index (χ3v) is 3.97. The van der Waals surface area contributed by atoms with Crippen LogP contribution in [0.5, 0.6) is 5.75 Å². The second kappa shape index (κ2) is 7.06. The highest BCUT2D eigenvalue weighted by atomic mass is 32.2. The topological polar surface area (TPSA) is 122 Å². The van der Waals surface area contributed by atoms with E-state index < -0.39 is 10.0 Å². The number of rotatable bonds is 6. The van der Waals surface area contributed by atoms with Gasteiger partial charge < -0.3 is 10.1 Å². The SMILES string of the molecule is Cc1c(OCC(=O)NCCC#N)ccc(S(N)(=O)=O)c1C. The summed E-state index contributed by atoms with van der Waals surface area (Å²) in [6.45, 7) is 3.36. The van der Waals surface area contributed by atoms with Crippen LogP contribution in [0.3, 0.4) is 0 Å². The van der Waals surface area contributed by atoms with Crippen molar-refractivity contribution in [3.8, 4) is 11.8 Å². The number of carbonyl (C=O) groups excluding carboxylic acids is 1. The van der Waals surface area contributed by atoms with Gasteiger partial charge >= 0.3 is 0 Å². The number of sulfonamides is 1. The van der Waals surface area contributed by atoms with Crippen molar-refractivity contribution in [1.82, 2.24) is 5.32 Å². The van der Waals surface area contributed by atoms with Gasteiger partial charge in [-0.25, -0.2) is 13.6 Å². The first-order chi connectivity index (χ1) is 9.77. The summed E-state index contributed by atoms with van der Waals surface area (Å²) in [5, 5.41) is 16.0. The molecule has 3 N–H and O–H groups in total. The molecule has 1 amide bonds. The summed E-state index contributed by atoms with van der Waals surface area (Å²) in [6, 6.07) is 4.72. The molecule has 0 radical (unpaired) electrons. The van der Waals surface area contributed by atoms with Gasteiger partial charge in [-0.15, -0.1) is 0 Å². The van der Waals surface area contributed by atoms with Crippen molar-refractivity contribution >= 4 is 15.9 Å². The highest BCUT2D eigenvalue weighted by Gasteiger charge is 2.16. The molecule has 1 rings (SSSR count). The molecule has 114 valence electrons. The van der Waals surface area contributed by atoms with Gasteiger partial charge in [0.1, 0.15) is 5.75 Å². The summed E-state index contributed by atoms with van der Waals surface area (Å²) in [6.07, 6.45) is 0.229. The number of hydrogen-bond acceptors (Lipinski definition) is 5. The van der Waals surface area contributed by atoms with Gasteiger partial charge in [0, 0.05) is 6.54 Å². The Labute approximate surface area is 123 Å². The zero-order chi connectivity index (χ0) is 16.0. The average Bonchev–Trinajstić information content (AvgIpc) is 2.39. The molecule has 0 aliphatic rings. The fourth-order valence-corrected chi connectivity index (χ4v) is 2.53. The number of hydrogen-bond donors (Lipinski definition) is 2. The molecule has 21 heavy (non-hydrogen) atoms. The van der Waals surface area contributed by atoms with E-state index in [2.05, 4.69) is 5.32 Å². The molecule has 0 aromatic heterocycles. The predicted molar refractivity (Wildman–Crippen MR) is 76.0 cm³/mol. The molecule has 1 aromatic carbocycles. The first-order valence-corrected chi connectivity index (χ1v) is 7.71. The third-order valence-electron chi connectivity index (χ3n) is 2.91. The molecular formula is C13H17N3O4S. The second-order valence-corrected chi connectivity index (χ2v) is 5.93. The van der Waals surface area contributed by atoms with E-state index in [1.165, 1.54) is 12.1 Å². The second-order valence-electron chi connectivity index (χ2n) is 4.40. The van der Waals surface area contributed by atoms with E-state index in [-0.39, 0.29) is 30.4 Å². The summed E-state index contributed by atoms with van der Waals surface area (Å²) in [7, 11) is -3.78. The molecule has 7 nitrogen and oxygen atoms in total. The molecule has 0 spiro atoms. The van der Waals surface area contributed by atoms with Gasteiger partial charge in [0.05, 0.1) is 17.4 Å². The van der Waals surface area contributed by atoms with Crippen molar-refractivity contribution in [2.75, 3.05) is 13.2 Å². The molecule has 0 aliphatic carbocycles. The maximum atomic E-state index is 11.5. The lowest BCUT2D eigenvalue weighted by atomic mass is 10.1. The first-order valence-electron chi connectivity index (χ1n) is 6.17. The van der Waals surface area contributed by atoms with Crippen molar-refractivity contribution < 1.29 is 17.9 Å². The van der Waals surface area contributed by atoms with Crippen molar-refractivity contribution in [2.45, 2.75) is 25.2 Å². The minimum atomic E-state index is -3.78. The maximum absolute atomic E-state index is 11.5. The molecule has 0 unspecified atom stereocenters.